The van der Waals surface area contributed by atoms with Crippen molar-refractivity contribution in [2.24, 2.45) is 4.99 Å². The zero-order valence-corrected chi connectivity index (χ0v) is 17.6. The number of pyridine rings is 1. The molecular formula is C24H22F2N4O2. The van der Waals surface area contributed by atoms with Crippen LogP contribution in [0.2, 0.25) is 0 Å². The standard InChI is InChI=1S/C24H22F2N4O2/c1-15-20-6-4-17(18-8-16(13-31)11-28-12-18)9-21(20)29-14-30(15)19-5-7-23(22(10-19)27-3)32-24(2,25)26/h4-12,14,27,31H,1,13H2,2-3H3. The van der Waals surface area contributed by atoms with Gasteiger partial charge in [0.05, 0.1) is 18.0 Å². The summed E-state index contributed by atoms with van der Waals surface area (Å²) in [6.07, 6.45) is 1.71. The molecular weight excluding hydrogens is 414 g/mol. The molecule has 0 fully saturated rings. The molecule has 1 aliphatic heterocycles. The summed E-state index contributed by atoms with van der Waals surface area (Å²) < 4.78 is 31.3. The van der Waals surface area contributed by atoms with E-state index in [0.29, 0.717) is 24.0 Å². The van der Waals surface area contributed by atoms with E-state index < -0.39 is 6.11 Å². The third-order valence-corrected chi connectivity index (χ3v) is 5.02. The minimum atomic E-state index is -3.29. The Morgan fingerprint density at radius 1 is 1.12 bits per heavy atom. The Hall–Kier alpha value is -3.78. The number of nitrogens with zero attached hydrogens (tertiary/aromatic N) is 3. The van der Waals surface area contributed by atoms with Gasteiger partial charge in [-0.25, -0.2) is 4.99 Å². The number of hydrogen-bond donors (Lipinski definition) is 2. The molecule has 2 N–H and O–H groups in total. The van der Waals surface area contributed by atoms with Gasteiger partial charge in [0.1, 0.15) is 12.1 Å². The lowest BCUT2D eigenvalue weighted by Crippen LogP contribution is -2.22. The second-order valence-corrected chi connectivity index (χ2v) is 7.37. The minimum absolute atomic E-state index is 0.0482. The lowest BCUT2D eigenvalue weighted by Gasteiger charge is -2.28. The number of alkyl halides is 2. The lowest BCUT2D eigenvalue weighted by atomic mass is 10.00. The molecule has 0 unspecified atom stereocenters. The first-order chi connectivity index (χ1) is 15.3. The summed E-state index contributed by atoms with van der Waals surface area (Å²) in [5.74, 6) is 0.0482. The van der Waals surface area contributed by atoms with Crippen LogP contribution >= 0.6 is 0 Å². The Morgan fingerprint density at radius 2 is 1.94 bits per heavy atom. The third-order valence-electron chi connectivity index (χ3n) is 5.02. The Labute approximate surface area is 184 Å². The minimum Gasteiger partial charge on any atom is -0.431 e. The number of aliphatic hydroxyl groups excluding tert-OH is 1. The molecule has 0 amide bonds. The van der Waals surface area contributed by atoms with Gasteiger partial charge in [-0.2, -0.15) is 8.78 Å². The van der Waals surface area contributed by atoms with Gasteiger partial charge >= 0.3 is 6.11 Å². The van der Waals surface area contributed by atoms with E-state index in [0.717, 1.165) is 27.9 Å². The Bertz CT molecular complexity index is 1200. The van der Waals surface area contributed by atoms with E-state index in [1.165, 1.54) is 6.07 Å². The normalized spacial score (nSPS) is 13.2. The number of rotatable bonds is 6. The summed E-state index contributed by atoms with van der Waals surface area (Å²) >= 11 is 0. The summed E-state index contributed by atoms with van der Waals surface area (Å²) in [5.41, 5.74) is 5.93. The van der Waals surface area contributed by atoms with Crippen molar-refractivity contribution < 1.29 is 18.6 Å². The molecule has 0 atom stereocenters. The maximum absolute atomic E-state index is 13.3. The van der Waals surface area contributed by atoms with Crippen LogP contribution in [0.5, 0.6) is 5.75 Å². The summed E-state index contributed by atoms with van der Waals surface area (Å²) in [6.45, 7) is 4.81. The van der Waals surface area contributed by atoms with E-state index in [1.807, 2.05) is 24.3 Å². The van der Waals surface area contributed by atoms with Gasteiger partial charge in [-0.3, -0.25) is 4.98 Å². The van der Waals surface area contributed by atoms with Gasteiger partial charge in [0.25, 0.3) is 0 Å². The largest absolute Gasteiger partial charge is 0.431 e. The van der Waals surface area contributed by atoms with Gasteiger partial charge in [-0.05, 0) is 41.5 Å². The molecule has 1 aromatic heterocycles. The smallest absolute Gasteiger partial charge is 0.394 e. The molecule has 0 saturated carbocycles. The zero-order chi connectivity index (χ0) is 22.9. The molecule has 0 aliphatic carbocycles. The van der Waals surface area contributed by atoms with Gasteiger partial charge in [0.2, 0.25) is 0 Å². The number of aliphatic imine (C=N–C) groups is 1. The number of nitrogens with one attached hydrogen (secondary N) is 1. The number of fused-ring (bicyclic) bond motifs is 1. The van der Waals surface area contributed by atoms with Crippen LogP contribution in [-0.2, 0) is 6.61 Å². The highest BCUT2D eigenvalue weighted by molar-refractivity contribution is 6.03. The maximum atomic E-state index is 13.3. The van der Waals surface area contributed by atoms with E-state index >= 15 is 0 Å². The predicted octanol–water partition coefficient (Wildman–Crippen LogP) is 5.42. The molecule has 32 heavy (non-hydrogen) atoms. The Morgan fingerprint density at radius 3 is 2.66 bits per heavy atom. The molecule has 1 aliphatic rings. The van der Waals surface area contributed by atoms with Crippen molar-refractivity contribution in [2.45, 2.75) is 19.6 Å². The summed E-state index contributed by atoms with van der Waals surface area (Å²) in [5, 5.41) is 12.2. The van der Waals surface area contributed by atoms with Crippen LogP contribution in [0.4, 0.5) is 25.8 Å². The van der Waals surface area contributed by atoms with Gasteiger partial charge in [0, 0.05) is 48.9 Å². The molecule has 2 heterocycles. The van der Waals surface area contributed by atoms with Gasteiger partial charge in [0.15, 0.2) is 0 Å². The molecule has 0 spiro atoms. The van der Waals surface area contributed by atoms with E-state index in [1.54, 1.807) is 42.8 Å². The highest BCUT2D eigenvalue weighted by Crippen LogP contribution is 2.39. The van der Waals surface area contributed by atoms with Gasteiger partial charge in [-0.15, -0.1) is 0 Å². The predicted molar refractivity (Wildman–Crippen MR) is 122 cm³/mol. The highest BCUT2D eigenvalue weighted by atomic mass is 19.3. The van der Waals surface area contributed by atoms with Gasteiger partial charge in [-0.1, -0.05) is 18.7 Å². The molecule has 4 rings (SSSR count). The summed E-state index contributed by atoms with van der Waals surface area (Å²) in [4.78, 5) is 10.5. The molecule has 0 bridgehead atoms. The third kappa shape index (κ3) is 4.31. The quantitative estimate of drug-likeness (QED) is 0.540. The first kappa shape index (κ1) is 21.5. The molecule has 0 radical (unpaired) electrons. The number of aliphatic hydroxyl groups is 1. The van der Waals surface area contributed by atoms with Crippen molar-refractivity contribution in [3.8, 4) is 16.9 Å². The fourth-order valence-corrected chi connectivity index (χ4v) is 3.48. The second kappa shape index (κ2) is 8.39. The van der Waals surface area contributed by atoms with Crippen molar-refractivity contribution in [2.75, 3.05) is 17.3 Å². The summed E-state index contributed by atoms with van der Waals surface area (Å²) in [6, 6.07) is 12.5. The van der Waals surface area contributed by atoms with Crippen LogP contribution in [0.3, 0.4) is 0 Å². The topological polar surface area (TPSA) is 70.0 Å². The van der Waals surface area contributed by atoms with E-state index in [4.69, 9.17) is 4.74 Å². The molecule has 0 saturated heterocycles. The second-order valence-electron chi connectivity index (χ2n) is 7.37. The molecule has 8 heteroatoms. The molecule has 3 aromatic rings. The fourth-order valence-electron chi connectivity index (χ4n) is 3.48. The van der Waals surface area contributed by atoms with Crippen LogP contribution in [0, 0.1) is 0 Å². The number of aromatic nitrogens is 1. The summed E-state index contributed by atoms with van der Waals surface area (Å²) in [7, 11) is 1.64. The fraction of sp³-hybridized carbons (Fsp3) is 0.167. The van der Waals surface area contributed by atoms with Crippen LogP contribution in [0.25, 0.3) is 16.8 Å². The first-order valence-corrected chi connectivity index (χ1v) is 9.89. The van der Waals surface area contributed by atoms with Crippen LogP contribution in [-0.4, -0.2) is 29.6 Å². The van der Waals surface area contributed by atoms with E-state index in [2.05, 4.69) is 21.9 Å². The number of hydrogen-bond acceptors (Lipinski definition) is 6. The number of anilines is 2. The van der Waals surface area contributed by atoms with Crippen LogP contribution in [0.1, 0.15) is 18.1 Å². The molecule has 6 nitrogen and oxygen atoms in total. The Balaban J connectivity index is 1.64. The van der Waals surface area contributed by atoms with E-state index in [9.17, 15) is 13.9 Å². The average Bonchev–Trinajstić information content (AvgIpc) is 2.78. The SMILES string of the molecule is C=C1c2ccc(-c3cncc(CO)c3)cc2N=CN1c1ccc(OC(C)(F)F)c(NC)c1. The van der Waals surface area contributed by atoms with Crippen molar-refractivity contribution in [3.05, 3.63) is 72.6 Å². The average molecular weight is 436 g/mol. The lowest BCUT2D eigenvalue weighted by molar-refractivity contribution is -0.158. The van der Waals surface area contributed by atoms with Crippen molar-refractivity contribution in [3.63, 3.8) is 0 Å². The van der Waals surface area contributed by atoms with Crippen LogP contribution < -0.4 is 15.0 Å². The monoisotopic (exact) mass is 436 g/mol. The molecule has 2 aromatic carbocycles. The number of ether oxygens (including phenoxy) is 1. The highest BCUT2D eigenvalue weighted by Gasteiger charge is 2.25. The molecule has 164 valence electrons. The van der Waals surface area contributed by atoms with Crippen molar-refractivity contribution in [1.29, 1.82) is 0 Å². The van der Waals surface area contributed by atoms with E-state index in [-0.39, 0.29) is 12.4 Å². The number of benzene rings is 2. The maximum Gasteiger partial charge on any atom is 0.394 e. The number of halogens is 2. The van der Waals surface area contributed by atoms with Crippen molar-refractivity contribution in [1.82, 2.24) is 4.98 Å². The van der Waals surface area contributed by atoms with Gasteiger partial charge < -0.3 is 20.1 Å². The Kier molecular flexibility index (Phi) is 5.63. The first-order valence-electron chi connectivity index (χ1n) is 9.89. The van der Waals surface area contributed by atoms with Crippen LogP contribution in [0.15, 0.2) is 66.4 Å². The van der Waals surface area contributed by atoms with Crippen molar-refractivity contribution >= 4 is 29.1 Å². The zero-order valence-electron chi connectivity index (χ0n) is 17.6.